The Morgan fingerprint density at radius 2 is 1.90 bits per heavy atom. The van der Waals surface area contributed by atoms with Crippen LogP contribution in [0, 0.1) is 5.92 Å². The molecule has 0 bridgehead atoms. The second-order valence-corrected chi connectivity index (χ2v) is 9.50. The molecular formula is C24H27NO4S. The number of allylic oxidation sites excluding steroid dienone is 4. The fourth-order valence-corrected chi connectivity index (χ4v) is 5.95. The molecule has 0 aromatic heterocycles. The highest BCUT2D eigenvalue weighted by Gasteiger charge is 2.36. The average molecular weight is 426 g/mol. The summed E-state index contributed by atoms with van der Waals surface area (Å²) in [5.41, 5.74) is 0.875. The van der Waals surface area contributed by atoms with Crippen LogP contribution in [-0.4, -0.2) is 32.5 Å². The van der Waals surface area contributed by atoms with E-state index in [9.17, 15) is 8.42 Å². The van der Waals surface area contributed by atoms with Gasteiger partial charge < -0.3 is 9.47 Å². The van der Waals surface area contributed by atoms with Crippen molar-refractivity contribution in [2.75, 3.05) is 13.7 Å². The molecule has 158 valence electrons. The third-order valence-corrected chi connectivity index (χ3v) is 7.65. The second kappa shape index (κ2) is 9.06. The highest BCUT2D eigenvalue weighted by Crippen LogP contribution is 2.35. The molecule has 2 unspecified atom stereocenters. The highest BCUT2D eigenvalue weighted by molar-refractivity contribution is 7.89. The first-order valence-corrected chi connectivity index (χ1v) is 11.7. The van der Waals surface area contributed by atoms with Crippen LogP contribution >= 0.6 is 0 Å². The van der Waals surface area contributed by atoms with Crippen molar-refractivity contribution < 1.29 is 17.9 Å². The number of rotatable bonds is 5. The van der Waals surface area contributed by atoms with Gasteiger partial charge in [-0.1, -0.05) is 54.6 Å². The Labute approximate surface area is 178 Å². The topological polar surface area (TPSA) is 55.8 Å². The van der Waals surface area contributed by atoms with E-state index in [4.69, 9.17) is 9.47 Å². The summed E-state index contributed by atoms with van der Waals surface area (Å²) >= 11 is 0. The van der Waals surface area contributed by atoms with Gasteiger partial charge in [-0.25, -0.2) is 8.42 Å². The monoisotopic (exact) mass is 425 g/mol. The van der Waals surface area contributed by atoms with Crippen LogP contribution in [0.25, 0.3) is 0 Å². The fourth-order valence-electron chi connectivity index (χ4n) is 4.15. The van der Waals surface area contributed by atoms with E-state index in [2.05, 4.69) is 12.2 Å². The zero-order valence-corrected chi connectivity index (χ0v) is 17.9. The zero-order valence-electron chi connectivity index (χ0n) is 17.1. The Morgan fingerprint density at radius 1 is 1.10 bits per heavy atom. The van der Waals surface area contributed by atoms with Gasteiger partial charge in [-0.3, -0.25) is 0 Å². The van der Waals surface area contributed by atoms with Gasteiger partial charge in [0.05, 0.1) is 13.7 Å². The van der Waals surface area contributed by atoms with E-state index in [1.54, 1.807) is 28.6 Å². The van der Waals surface area contributed by atoms with Crippen molar-refractivity contribution in [3.63, 3.8) is 0 Å². The first-order valence-electron chi connectivity index (χ1n) is 10.3. The molecule has 0 N–H and O–H groups in total. The average Bonchev–Trinajstić information content (AvgIpc) is 2.76. The number of hydrogen-bond donors (Lipinski definition) is 0. The number of ether oxygens (including phenoxy) is 2. The smallest absolute Gasteiger partial charge is 0.247 e. The summed E-state index contributed by atoms with van der Waals surface area (Å²) in [7, 11) is -2.27. The summed E-state index contributed by atoms with van der Waals surface area (Å²) in [6, 6.07) is 14.3. The Bertz CT molecular complexity index is 1040. The van der Waals surface area contributed by atoms with Crippen LogP contribution in [0.15, 0.2) is 77.7 Å². The van der Waals surface area contributed by atoms with Crippen LogP contribution in [0.2, 0.25) is 0 Å². The quantitative estimate of drug-likeness (QED) is 0.705. The third kappa shape index (κ3) is 4.30. The standard InChI is InChI=1S/C24H27NO4S/c1-28-23-13-7-8-14-24(23)30(26,27)25-18-20-11-5-6-12-22(20)29-16-15-21(25)17-19-9-3-2-4-10-19/h2-9,11-14,19,21H,10,15-18H2,1H3. The summed E-state index contributed by atoms with van der Waals surface area (Å²) in [5, 5.41) is 0. The van der Waals surface area contributed by atoms with Gasteiger partial charge in [-0.2, -0.15) is 4.31 Å². The van der Waals surface area contributed by atoms with Crippen LogP contribution in [0.5, 0.6) is 11.5 Å². The number of fused-ring (bicyclic) bond motifs is 1. The van der Waals surface area contributed by atoms with E-state index < -0.39 is 10.0 Å². The Balaban J connectivity index is 1.75. The van der Waals surface area contributed by atoms with Crippen LogP contribution in [0.4, 0.5) is 0 Å². The molecule has 0 fully saturated rings. The van der Waals surface area contributed by atoms with E-state index in [1.165, 1.54) is 7.11 Å². The molecule has 1 aliphatic heterocycles. The molecule has 2 atom stereocenters. The third-order valence-electron chi connectivity index (χ3n) is 5.71. The van der Waals surface area contributed by atoms with Crippen molar-refractivity contribution in [1.29, 1.82) is 0 Å². The van der Waals surface area contributed by atoms with Gasteiger partial charge in [0.2, 0.25) is 10.0 Å². The molecule has 5 nitrogen and oxygen atoms in total. The van der Waals surface area contributed by atoms with Crippen molar-refractivity contribution in [3.05, 3.63) is 78.4 Å². The first kappa shape index (κ1) is 20.7. The van der Waals surface area contributed by atoms with Crippen molar-refractivity contribution in [1.82, 2.24) is 4.31 Å². The molecule has 0 saturated carbocycles. The summed E-state index contributed by atoms with van der Waals surface area (Å²) in [6.45, 7) is 0.749. The lowest BCUT2D eigenvalue weighted by Gasteiger charge is -2.35. The SMILES string of the molecule is COc1ccccc1S(=O)(=O)N1Cc2ccccc2OCCC1CC1C=CC=CC1. The Kier molecular flexibility index (Phi) is 6.25. The number of nitrogens with zero attached hydrogens (tertiary/aromatic N) is 1. The van der Waals surface area contributed by atoms with Crippen LogP contribution < -0.4 is 9.47 Å². The lowest BCUT2D eigenvalue weighted by Crippen LogP contribution is -2.42. The minimum absolute atomic E-state index is 0.172. The second-order valence-electron chi connectivity index (χ2n) is 7.64. The molecule has 30 heavy (non-hydrogen) atoms. The Morgan fingerprint density at radius 3 is 2.70 bits per heavy atom. The normalized spacial score (nSPS) is 21.9. The largest absolute Gasteiger partial charge is 0.495 e. The van der Waals surface area contributed by atoms with Gasteiger partial charge in [0.15, 0.2) is 0 Å². The number of para-hydroxylation sites is 2. The molecule has 0 saturated heterocycles. The first-order chi connectivity index (χ1) is 14.6. The number of hydrogen-bond acceptors (Lipinski definition) is 4. The summed E-state index contributed by atoms with van der Waals surface area (Å²) in [6.07, 6.45) is 10.7. The van der Waals surface area contributed by atoms with E-state index in [-0.39, 0.29) is 17.5 Å². The lowest BCUT2D eigenvalue weighted by atomic mass is 9.92. The van der Waals surface area contributed by atoms with Gasteiger partial charge in [0.25, 0.3) is 0 Å². The molecule has 4 rings (SSSR count). The summed E-state index contributed by atoms with van der Waals surface area (Å²) < 4.78 is 40.7. The van der Waals surface area contributed by atoms with Crippen molar-refractivity contribution in [2.45, 2.75) is 36.7 Å². The van der Waals surface area contributed by atoms with E-state index >= 15 is 0 Å². The number of sulfonamides is 1. The fraction of sp³-hybridized carbons (Fsp3) is 0.333. The minimum Gasteiger partial charge on any atom is -0.495 e. The molecule has 1 heterocycles. The zero-order chi connectivity index (χ0) is 21.0. The van der Waals surface area contributed by atoms with Crippen LogP contribution in [-0.2, 0) is 16.6 Å². The van der Waals surface area contributed by atoms with E-state index in [0.29, 0.717) is 24.7 Å². The predicted octanol–water partition coefficient (Wildman–Crippen LogP) is 4.56. The summed E-state index contributed by atoms with van der Waals surface area (Å²) in [5.74, 6) is 1.42. The van der Waals surface area contributed by atoms with Crippen molar-refractivity contribution in [3.8, 4) is 11.5 Å². The van der Waals surface area contributed by atoms with Gasteiger partial charge in [-0.15, -0.1) is 0 Å². The predicted molar refractivity (Wildman–Crippen MR) is 117 cm³/mol. The maximum atomic E-state index is 13.9. The van der Waals surface area contributed by atoms with Crippen LogP contribution in [0.3, 0.4) is 0 Å². The van der Waals surface area contributed by atoms with Crippen molar-refractivity contribution >= 4 is 10.0 Å². The molecule has 6 heteroatoms. The maximum Gasteiger partial charge on any atom is 0.247 e. The Hall–Kier alpha value is -2.57. The van der Waals surface area contributed by atoms with Crippen LogP contribution in [0.1, 0.15) is 24.8 Å². The molecule has 2 aromatic rings. The molecule has 0 amide bonds. The lowest BCUT2D eigenvalue weighted by molar-refractivity contribution is 0.196. The molecule has 1 aliphatic carbocycles. The molecule has 2 aromatic carbocycles. The van der Waals surface area contributed by atoms with E-state index in [0.717, 1.165) is 24.2 Å². The molecule has 0 spiro atoms. The highest BCUT2D eigenvalue weighted by atomic mass is 32.2. The van der Waals surface area contributed by atoms with Gasteiger partial charge >= 0.3 is 0 Å². The van der Waals surface area contributed by atoms with Gasteiger partial charge in [-0.05, 0) is 43.4 Å². The number of benzene rings is 2. The minimum atomic E-state index is -3.78. The van der Waals surface area contributed by atoms with Gasteiger partial charge in [0, 0.05) is 18.2 Å². The molecule has 0 radical (unpaired) electrons. The van der Waals surface area contributed by atoms with Crippen molar-refractivity contribution in [2.24, 2.45) is 5.92 Å². The summed E-state index contributed by atoms with van der Waals surface area (Å²) in [4.78, 5) is 0.204. The van der Waals surface area contributed by atoms with Gasteiger partial charge in [0.1, 0.15) is 16.4 Å². The molecule has 2 aliphatic rings. The maximum absolute atomic E-state index is 13.9. The van der Waals surface area contributed by atoms with E-state index in [1.807, 2.05) is 36.4 Å². The molecular weight excluding hydrogens is 398 g/mol. The number of methoxy groups -OCH3 is 1.